The highest BCUT2D eigenvalue weighted by Gasteiger charge is 2.31. The number of carbonyl (C=O) groups is 1. The number of para-hydroxylation sites is 4. The van der Waals surface area contributed by atoms with Gasteiger partial charge < -0.3 is 15.5 Å². The van der Waals surface area contributed by atoms with Gasteiger partial charge in [-0.3, -0.25) is 4.79 Å². The average molecular weight is 584 g/mol. The van der Waals surface area contributed by atoms with Gasteiger partial charge in [0, 0.05) is 53.7 Å². The fourth-order valence-electron chi connectivity index (χ4n) is 8.07. The fourth-order valence-corrected chi connectivity index (χ4v) is 8.07. The van der Waals surface area contributed by atoms with Crippen molar-refractivity contribution in [1.29, 1.82) is 0 Å². The van der Waals surface area contributed by atoms with Crippen LogP contribution in [0.1, 0.15) is 73.6 Å². The summed E-state index contributed by atoms with van der Waals surface area (Å²) in [5, 5.41) is 0. The van der Waals surface area contributed by atoms with Gasteiger partial charge in [0.25, 0.3) is 0 Å². The Bertz CT molecular complexity index is 1520. The summed E-state index contributed by atoms with van der Waals surface area (Å²) in [5.41, 5.74) is 17.4. The minimum atomic E-state index is 0.307. The van der Waals surface area contributed by atoms with Crippen LogP contribution in [0.15, 0.2) is 97.1 Å². The van der Waals surface area contributed by atoms with Gasteiger partial charge in [-0.15, -0.1) is 0 Å². The van der Waals surface area contributed by atoms with E-state index in [1.54, 1.807) is 0 Å². The van der Waals surface area contributed by atoms with E-state index < -0.39 is 0 Å². The van der Waals surface area contributed by atoms with Gasteiger partial charge in [0.05, 0.1) is 0 Å². The first-order chi connectivity index (χ1) is 21.7. The van der Waals surface area contributed by atoms with Crippen LogP contribution in [0.3, 0.4) is 0 Å². The third kappa shape index (κ3) is 5.93. The van der Waals surface area contributed by atoms with Gasteiger partial charge in [-0.25, -0.2) is 0 Å². The van der Waals surface area contributed by atoms with Gasteiger partial charge in [-0.2, -0.15) is 0 Å². The van der Waals surface area contributed by atoms with Crippen molar-refractivity contribution in [3.05, 3.63) is 119 Å². The monoisotopic (exact) mass is 583 g/mol. The number of benzene rings is 4. The lowest BCUT2D eigenvalue weighted by Gasteiger charge is -2.39. The number of rotatable bonds is 2. The number of nitrogens with two attached hydrogens (primary N) is 1. The number of carbonyl (C=O) groups excluding carboxylic acids is 1. The maximum Gasteiger partial charge on any atom is 0.134 e. The number of ketones is 1. The molecule has 0 bridgehead atoms. The molecule has 44 heavy (non-hydrogen) atoms. The molecule has 0 spiro atoms. The lowest BCUT2D eigenvalue weighted by atomic mass is 9.89. The summed E-state index contributed by atoms with van der Waals surface area (Å²) in [4.78, 5) is 17.0. The van der Waals surface area contributed by atoms with Crippen LogP contribution in [0.25, 0.3) is 0 Å². The highest BCUT2D eigenvalue weighted by Crippen LogP contribution is 2.42. The molecule has 2 saturated carbocycles. The Morgan fingerprint density at radius 3 is 1.34 bits per heavy atom. The zero-order valence-corrected chi connectivity index (χ0v) is 25.8. The molecule has 3 unspecified atom stereocenters. The second-order valence-electron chi connectivity index (χ2n) is 13.1. The predicted octanol–water partition coefficient (Wildman–Crippen LogP) is 8.63. The topological polar surface area (TPSA) is 49.6 Å². The van der Waals surface area contributed by atoms with Gasteiger partial charge in [0.1, 0.15) is 5.78 Å². The Kier molecular flexibility index (Phi) is 8.52. The molecular formula is C40H45N3O. The molecule has 0 saturated heterocycles. The van der Waals surface area contributed by atoms with E-state index in [2.05, 4.69) is 107 Å². The molecule has 3 atom stereocenters. The van der Waals surface area contributed by atoms with Crippen molar-refractivity contribution in [2.75, 3.05) is 9.80 Å². The molecule has 2 fully saturated rings. The number of nitrogens with zero attached hydrogens (tertiary/aromatic N) is 2. The van der Waals surface area contributed by atoms with Crippen molar-refractivity contribution in [2.24, 2.45) is 5.73 Å². The number of anilines is 4. The summed E-state index contributed by atoms with van der Waals surface area (Å²) < 4.78 is 0. The molecule has 4 aliphatic rings. The fraction of sp³-hybridized carbons (Fsp3) is 0.375. The summed E-state index contributed by atoms with van der Waals surface area (Å²) >= 11 is 0. The van der Waals surface area contributed by atoms with Crippen LogP contribution in [0, 0.1) is 0 Å². The van der Waals surface area contributed by atoms with Crippen molar-refractivity contribution >= 4 is 28.5 Å². The molecule has 0 amide bonds. The van der Waals surface area contributed by atoms with Crippen molar-refractivity contribution in [3.8, 4) is 0 Å². The summed E-state index contributed by atoms with van der Waals surface area (Å²) in [7, 11) is 0. The highest BCUT2D eigenvalue weighted by atomic mass is 16.1. The number of Topliss-reactive ketones (excluding diaryl/α,β-unsaturated/α-hetero) is 1. The van der Waals surface area contributed by atoms with Crippen LogP contribution in [0.5, 0.6) is 0 Å². The van der Waals surface area contributed by atoms with Crippen molar-refractivity contribution < 1.29 is 4.79 Å². The Morgan fingerprint density at radius 2 is 0.909 bits per heavy atom. The van der Waals surface area contributed by atoms with Crippen molar-refractivity contribution in [3.63, 3.8) is 0 Å². The number of hydrogen-bond donors (Lipinski definition) is 1. The molecule has 4 heteroatoms. The van der Waals surface area contributed by atoms with E-state index in [1.165, 1.54) is 64.3 Å². The van der Waals surface area contributed by atoms with Gasteiger partial charge in [-0.1, -0.05) is 72.8 Å². The van der Waals surface area contributed by atoms with Crippen LogP contribution in [-0.2, 0) is 30.5 Å². The van der Waals surface area contributed by atoms with E-state index in [4.69, 9.17) is 5.73 Å². The van der Waals surface area contributed by atoms with Crippen molar-refractivity contribution in [2.45, 2.75) is 95.2 Å². The lowest BCUT2D eigenvalue weighted by molar-refractivity contribution is -0.120. The van der Waals surface area contributed by atoms with Crippen LogP contribution in [-0.4, -0.2) is 23.9 Å². The molecule has 2 heterocycles. The smallest absolute Gasteiger partial charge is 0.134 e. The summed E-state index contributed by atoms with van der Waals surface area (Å²) in [6.45, 7) is 0. The average Bonchev–Trinajstić information content (AvgIpc) is 3.33. The van der Waals surface area contributed by atoms with E-state index >= 15 is 0 Å². The summed E-state index contributed by atoms with van der Waals surface area (Å²) in [6, 6.07) is 36.4. The van der Waals surface area contributed by atoms with E-state index in [-0.39, 0.29) is 0 Å². The normalized spacial score (nSPS) is 22.7. The minimum Gasteiger partial charge on any atom is -0.338 e. The molecule has 2 aliphatic heterocycles. The Balaban J connectivity index is 0.000000142. The highest BCUT2D eigenvalue weighted by molar-refractivity contribution is 5.82. The maximum atomic E-state index is 12.0. The van der Waals surface area contributed by atoms with E-state index in [9.17, 15) is 4.79 Å². The Labute approximate surface area is 262 Å². The second kappa shape index (κ2) is 13.0. The second-order valence-corrected chi connectivity index (χ2v) is 13.1. The van der Waals surface area contributed by atoms with E-state index in [1.807, 2.05) is 0 Å². The predicted molar refractivity (Wildman–Crippen MR) is 182 cm³/mol. The number of fused-ring (bicyclic) bond motifs is 4. The quantitative estimate of drug-likeness (QED) is 0.257. The lowest BCUT2D eigenvalue weighted by Crippen LogP contribution is -2.40. The SMILES string of the molecule is NC1CCCC(N2c3ccccc3CCc3ccccc32)C1.O=C1CCCC(N2c3ccccc3CCc3ccccc32)C1. The van der Waals surface area contributed by atoms with E-state index in [0.29, 0.717) is 30.3 Å². The standard InChI is InChI=1S/C20H24N2.C20H21NO/c21-17-8-5-9-18(14-17)22-19-10-3-1-6-15(19)12-13-16-7-2-4-11-20(16)22;22-18-9-5-8-17(14-18)21-19-10-3-1-6-15(19)12-13-16-7-2-4-11-20(16)21/h1-4,6-7,10-11,17-18H,5,8-9,12-14,21H2;1-4,6-7,10-11,17H,5,8-9,12-14H2. The molecule has 4 nitrogen and oxygen atoms in total. The summed E-state index contributed by atoms with van der Waals surface area (Å²) in [6.07, 6.45) is 12.7. The first kappa shape index (κ1) is 28.9. The number of aryl methyl sites for hydroxylation is 4. The molecule has 0 aromatic heterocycles. The van der Waals surface area contributed by atoms with Crippen LogP contribution >= 0.6 is 0 Å². The zero-order valence-electron chi connectivity index (χ0n) is 25.8. The molecule has 2 N–H and O–H groups in total. The third-order valence-electron chi connectivity index (χ3n) is 10.2. The van der Waals surface area contributed by atoms with Gasteiger partial charge in [0.2, 0.25) is 0 Å². The molecule has 0 radical (unpaired) electrons. The van der Waals surface area contributed by atoms with Crippen LogP contribution < -0.4 is 15.5 Å². The Hall–Kier alpha value is -3.89. The Morgan fingerprint density at radius 1 is 0.500 bits per heavy atom. The van der Waals surface area contributed by atoms with Crippen LogP contribution in [0.4, 0.5) is 22.7 Å². The molecule has 8 rings (SSSR count). The first-order valence-electron chi connectivity index (χ1n) is 16.8. The van der Waals surface area contributed by atoms with Gasteiger partial charge >= 0.3 is 0 Å². The molecule has 4 aromatic rings. The molecule has 4 aromatic carbocycles. The van der Waals surface area contributed by atoms with Gasteiger partial charge in [0.15, 0.2) is 0 Å². The maximum absolute atomic E-state index is 12.0. The largest absolute Gasteiger partial charge is 0.338 e. The zero-order chi connectivity index (χ0) is 29.9. The van der Waals surface area contributed by atoms with E-state index in [0.717, 1.165) is 51.4 Å². The van der Waals surface area contributed by atoms with Gasteiger partial charge in [-0.05, 0) is 111 Å². The molecular weight excluding hydrogens is 538 g/mol. The minimum absolute atomic E-state index is 0.307. The number of hydrogen-bond acceptors (Lipinski definition) is 4. The van der Waals surface area contributed by atoms with Crippen molar-refractivity contribution in [1.82, 2.24) is 0 Å². The van der Waals surface area contributed by atoms with Crippen LogP contribution in [0.2, 0.25) is 0 Å². The summed E-state index contributed by atoms with van der Waals surface area (Å²) in [5.74, 6) is 0.412. The first-order valence-corrected chi connectivity index (χ1v) is 16.8. The molecule has 226 valence electrons. The third-order valence-corrected chi connectivity index (χ3v) is 10.2. The molecule has 2 aliphatic carbocycles.